The van der Waals surface area contributed by atoms with E-state index in [4.69, 9.17) is 10.5 Å². The number of phenols is 1. The molecule has 0 fully saturated rings. The standard InChI is InChI=1S/C12H16BrNO2/c1-3-4-5-11(14)9-6-8(16-2)7-10(13)12(9)15/h3,6-7,11,15H,1,4-5,14H2,2H3/t11-/m1/s1. The molecular weight excluding hydrogens is 270 g/mol. The maximum Gasteiger partial charge on any atom is 0.134 e. The lowest BCUT2D eigenvalue weighted by Crippen LogP contribution is -2.10. The molecule has 0 heterocycles. The van der Waals surface area contributed by atoms with Crippen LogP contribution in [-0.4, -0.2) is 12.2 Å². The fourth-order valence-electron chi connectivity index (χ4n) is 1.45. The summed E-state index contributed by atoms with van der Waals surface area (Å²) in [5, 5.41) is 9.88. The Morgan fingerprint density at radius 2 is 2.31 bits per heavy atom. The van der Waals surface area contributed by atoms with Crippen LogP contribution in [0.4, 0.5) is 0 Å². The van der Waals surface area contributed by atoms with Crippen LogP contribution in [0.5, 0.6) is 11.5 Å². The number of hydrogen-bond donors (Lipinski definition) is 2. The number of phenolic OH excluding ortho intramolecular Hbond substituents is 1. The second-order valence-electron chi connectivity index (χ2n) is 3.52. The number of aromatic hydroxyl groups is 1. The van der Waals surface area contributed by atoms with E-state index in [-0.39, 0.29) is 11.8 Å². The maximum atomic E-state index is 9.88. The number of halogens is 1. The van der Waals surface area contributed by atoms with Crippen LogP contribution in [0.15, 0.2) is 29.3 Å². The monoisotopic (exact) mass is 285 g/mol. The zero-order valence-corrected chi connectivity index (χ0v) is 10.8. The van der Waals surface area contributed by atoms with Gasteiger partial charge in [0.2, 0.25) is 0 Å². The van der Waals surface area contributed by atoms with Gasteiger partial charge in [-0.1, -0.05) is 6.08 Å². The molecule has 0 unspecified atom stereocenters. The van der Waals surface area contributed by atoms with Crippen LogP contribution in [0.2, 0.25) is 0 Å². The highest BCUT2D eigenvalue weighted by Crippen LogP contribution is 2.36. The van der Waals surface area contributed by atoms with Crippen molar-refractivity contribution in [1.29, 1.82) is 0 Å². The highest BCUT2D eigenvalue weighted by atomic mass is 79.9. The summed E-state index contributed by atoms with van der Waals surface area (Å²) >= 11 is 3.27. The fraction of sp³-hybridized carbons (Fsp3) is 0.333. The molecule has 1 aromatic carbocycles. The molecule has 1 rings (SSSR count). The first-order valence-electron chi connectivity index (χ1n) is 5.03. The summed E-state index contributed by atoms with van der Waals surface area (Å²) in [5.74, 6) is 0.853. The minimum Gasteiger partial charge on any atom is -0.506 e. The van der Waals surface area contributed by atoms with Crippen LogP contribution in [0, 0.1) is 0 Å². The van der Waals surface area contributed by atoms with Crippen molar-refractivity contribution in [3.8, 4) is 11.5 Å². The van der Waals surface area contributed by atoms with Gasteiger partial charge in [0.05, 0.1) is 11.6 Å². The van der Waals surface area contributed by atoms with E-state index < -0.39 is 0 Å². The van der Waals surface area contributed by atoms with Crippen molar-refractivity contribution in [2.75, 3.05) is 7.11 Å². The van der Waals surface area contributed by atoms with Gasteiger partial charge in [0.15, 0.2) is 0 Å². The van der Waals surface area contributed by atoms with Gasteiger partial charge in [-0.15, -0.1) is 6.58 Å². The molecule has 4 heteroatoms. The molecule has 0 saturated heterocycles. The third-order valence-corrected chi connectivity index (χ3v) is 2.99. The van der Waals surface area contributed by atoms with Gasteiger partial charge in [-0.05, 0) is 40.9 Å². The van der Waals surface area contributed by atoms with Crippen LogP contribution in [0.25, 0.3) is 0 Å². The van der Waals surface area contributed by atoms with Crippen molar-refractivity contribution in [2.24, 2.45) is 5.73 Å². The van der Waals surface area contributed by atoms with Crippen molar-refractivity contribution < 1.29 is 9.84 Å². The van der Waals surface area contributed by atoms with Gasteiger partial charge in [0.1, 0.15) is 11.5 Å². The van der Waals surface area contributed by atoms with E-state index in [1.165, 1.54) is 0 Å². The Labute approximate surface area is 104 Å². The lowest BCUT2D eigenvalue weighted by molar-refractivity contribution is 0.407. The Morgan fingerprint density at radius 3 is 2.88 bits per heavy atom. The summed E-state index contributed by atoms with van der Waals surface area (Å²) in [6.45, 7) is 3.65. The molecule has 0 amide bonds. The highest BCUT2D eigenvalue weighted by molar-refractivity contribution is 9.10. The van der Waals surface area contributed by atoms with Crippen molar-refractivity contribution in [3.63, 3.8) is 0 Å². The topological polar surface area (TPSA) is 55.5 Å². The molecule has 0 spiro atoms. The molecule has 0 saturated carbocycles. The molecule has 0 aliphatic carbocycles. The zero-order chi connectivity index (χ0) is 12.1. The second kappa shape index (κ2) is 5.92. The summed E-state index contributed by atoms with van der Waals surface area (Å²) < 4.78 is 5.72. The number of methoxy groups -OCH3 is 1. The second-order valence-corrected chi connectivity index (χ2v) is 4.37. The Morgan fingerprint density at radius 1 is 1.62 bits per heavy atom. The molecule has 3 N–H and O–H groups in total. The largest absolute Gasteiger partial charge is 0.506 e. The molecule has 0 aliphatic rings. The Kier molecular flexibility index (Phi) is 4.83. The fourth-order valence-corrected chi connectivity index (χ4v) is 1.90. The number of nitrogens with two attached hydrogens (primary N) is 1. The molecule has 0 bridgehead atoms. The van der Waals surface area contributed by atoms with E-state index >= 15 is 0 Å². The van der Waals surface area contributed by atoms with Gasteiger partial charge >= 0.3 is 0 Å². The van der Waals surface area contributed by atoms with E-state index in [9.17, 15) is 5.11 Å². The summed E-state index contributed by atoms with van der Waals surface area (Å²) in [7, 11) is 1.58. The van der Waals surface area contributed by atoms with Gasteiger partial charge in [-0.2, -0.15) is 0 Å². The molecule has 88 valence electrons. The zero-order valence-electron chi connectivity index (χ0n) is 9.24. The summed E-state index contributed by atoms with van der Waals surface area (Å²) in [4.78, 5) is 0. The van der Waals surface area contributed by atoms with E-state index in [2.05, 4.69) is 22.5 Å². The van der Waals surface area contributed by atoms with Crippen LogP contribution < -0.4 is 10.5 Å². The first kappa shape index (κ1) is 13.1. The lowest BCUT2D eigenvalue weighted by atomic mass is 10.0. The van der Waals surface area contributed by atoms with Gasteiger partial charge in [0.25, 0.3) is 0 Å². The summed E-state index contributed by atoms with van der Waals surface area (Å²) in [6, 6.07) is 3.25. The quantitative estimate of drug-likeness (QED) is 0.818. The predicted octanol–water partition coefficient (Wildman–Crippen LogP) is 3.13. The molecule has 0 radical (unpaired) electrons. The van der Waals surface area contributed by atoms with Crippen molar-refractivity contribution in [2.45, 2.75) is 18.9 Å². The molecule has 1 aromatic rings. The van der Waals surface area contributed by atoms with E-state index in [1.807, 2.05) is 6.08 Å². The van der Waals surface area contributed by atoms with Crippen molar-refractivity contribution in [1.82, 2.24) is 0 Å². The predicted molar refractivity (Wildman–Crippen MR) is 68.7 cm³/mol. The highest BCUT2D eigenvalue weighted by Gasteiger charge is 2.14. The van der Waals surface area contributed by atoms with Crippen LogP contribution >= 0.6 is 15.9 Å². The normalized spacial score (nSPS) is 12.2. The van der Waals surface area contributed by atoms with Crippen LogP contribution in [-0.2, 0) is 0 Å². The molecule has 0 aromatic heterocycles. The van der Waals surface area contributed by atoms with Crippen LogP contribution in [0.1, 0.15) is 24.4 Å². The molecule has 1 atom stereocenters. The average Bonchev–Trinajstić information content (AvgIpc) is 2.29. The smallest absolute Gasteiger partial charge is 0.134 e. The Hall–Kier alpha value is -1.00. The van der Waals surface area contributed by atoms with E-state index in [0.29, 0.717) is 15.8 Å². The number of rotatable bonds is 5. The van der Waals surface area contributed by atoms with E-state index in [1.54, 1.807) is 19.2 Å². The van der Waals surface area contributed by atoms with Gasteiger partial charge in [-0.25, -0.2) is 0 Å². The van der Waals surface area contributed by atoms with Gasteiger partial charge in [0, 0.05) is 11.6 Å². The molecule has 16 heavy (non-hydrogen) atoms. The number of ether oxygens (including phenoxy) is 1. The minimum atomic E-state index is -0.218. The third kappa shape index (κ3) is 3.00. The van der Waals surface area contributed by atoms with Crippen LogP contribution in [0.3, 0.4) is 0 Å². The van der Waals surface area contributed by atoms with E-state index in [0.717, 1.165) is 12.8 Å². The third-order valence-electron chi connectivity index (χ3n) is 2.38. The SMILES string of the molecule is C=CCC[C@@H](N)c1cc(OC)cc(Br)c1O. The first-order chi connectivity index (χ1) is 7.60. The Balaban J connectivity index is 3.01. The molecule has 0 aliphatic heterocycles. The summed E-state index contributed by atoms with van der Waals surface area (Å²) in [5.41, 5.74) is 6.68. The van der Waals surface area contributed by atoms with Gasteiger partial charge < -0.3 is 15.6 Å². The van der Waals surface area contributed by atoms with Crippen molar-refractivity contribution >= 4 is 15.9 Å². The summed E-state index contributed by atoms with van der Waals surface area (Å²) in [6.07, 6.45) is 3.37. The number of hydrogen-bond acceptors (Lipinski definition) is 3. The Bertz CT molecular complexity index is 380. The number of allylic oxidation sites excluding steroid dienone is 1. The van der Waals surface area contributed by atoms with Crippen molar-refractivity contribution in [3.05, 3.63) is 34.8 Å². The first-order valence-corrected chi connectivity index (χ1v) is 5.82. The molecule has 3 nitrogen and oxygen atoms in total. The molecular formula is C12H16BrNO2. The van der Waals surface area contributed by atoms with Gasteiger partial charge in [-0.3, -0.25) is 0 Å². The minimum absolute atomic E-state index is 0.178. The maximum absolute atomic E-state index is 9.88. The number of benzene rings is 1. The lowest BCUT2D eigenvalue weighted by Gasteiger charge is -2.15. The average molecular weight is 286 g/mol.